The van der Waals surface area contributed by atoms with Gasteiger partial charge in [-0.25, -0.2) is 5.10 Å². The van der Waals surface area contributed by atoms with E-state index in [1.807, 2.05) is 13.8 Å². The van der Waals surface area contributed by atoms with Crippen molar-refractivity contribution in [3.63, 3.8) is 0 Å². The van der Waals surface area contributed by atoms with Crippen molar-refractivity contribution >= 4 is 5.91 Å². The highest BCUT2D eigenvalue weighted by Crippen LogP contribution is 2.38. The predicted molar refractivity (Wildman–Crippen MR) is 74.2 cm³/mol. The van der Waals surface area contributed by atoms with Crippen LogP contribution in [0, 0.1) is 5.41 Å². The van der Waals surface area contributed by atoms with Crippen molar-refractivity contribution in [1.29, 1.82) is 0 Å². The van der Waals surface area contributed by atoms with Crippen LogP contribution in [0.1, 0.15) is 32.9 Å². The molecule has 1 amide bonds. The Morgan fingerprint density at radius 3 is 2.60 bits per heavy atom. The van der Waals surface area contributed by atoms with Gasteiger partial charge >= 0.3 is 0 Å². The standard InChI is InChI=1S/C14H21N3O3/c1-13(2)8-17(9-14(13,3)20)12(19)7-5-10-4-6-11(18)16-15-10/h4,6,20H,5,7-9H2,1-3H3,(H,16,18)/t14-/m1/s1. The maximum absolute atomic E-state index is 12.2. The Balaban J connectivity index is 1.94. The van der Waals surface area contributed by atoms with Gasteiger partial charge in [-0.1, -0.05) is 13.8 Å². The van der Waals surface area contributed by atoms with Crippen LogP contribution in [0.3, 0.4) is 0 Å². The van der Waals surface area contributed by atoms with Gasteiger partial charge in [-0.05, 0) is 13.0 Å². The summed E-state index contributed by atoms with van der Waals surface area (Å²) in [5.41, 5.74) is -0.738. The smallest absolute Gasteiger partial charge is 0.264 e. The van der Waals surface area contributed by atoms with E-state index < -0.39 is 5.60 Å². The van der Waals surface area contributed by atoms with E-state index in [0.29, 0.717) is 31.6 Å². The third-order valence-corrected chi connectivity index (χ3v) is 4.23. The Hall–Kier alpha value is -1.69. The number of aromatic nitrogens is 2. The van der Waals surface area contributed by atoms with Crippen LogP contribution >= 0.6 is 0 Å². The molecule has 2 N–H and O–H groups in total. The minimum atomic E-state index is -0.862. The Morgan fingerprint density at radius 1 is 1.40 bits per heavy atom. The zero-order valence-electron chi connectivity index (χ0n) is 12.1. The van der Waals surface area contributed by atoms with Crippen molar-refractivity contribution in [2.24, 2.45) is 5.41 Å². The number of aromatic amines is 1. The number of hydrogen-bond acceptors (Lipinski definition) is 4. The van der Waals surface area contributed by atoms with E-state index in [1.165, 1.54) is 6.07 Å². The van der Waals surface area contributed by atoms with E-state index in [-0.39, 0.29) is 16.9 Å². The first-order valence-electron chi connectivity index (χ1n) is 6.76. The number of aryl methyl sites for hydroxylation is 1. The molecule has 2 rings (SSSR count). The lowest BCUT2D eigenvalue weighted by molar-refractivity contribution is -0.131. The third-order valence-electron chi connectivity index (χ3n) is 4.23. The number of carbonyl (C=O) groups is 1. The van der Waals surface area contributed by atoms with Crippen LogP contribution in [0.15, 0.2) is 16.9 Å². The van der Waals surface area contributed by atoms with Gasteiger partial charge in [0.2, 0.25) is 5.91 Å². The summed E-state index contributed by atoms with van der Waals surface area (Å²) in [5, 5.41) is 16.5. The molecule has 1 atom stereocenters. The molecule has 6 nitrogen and oxygen atoms in total. The van der Waals surface area contributed by atoms with E-state index in [0.717, 1.165) is 0 Å². The summed E-state index contributed by atoms with van der Waals surface area (Å²) in [4.78, 5) is 24.8. The SMILES string of the molecule is CC1(C)CN(C(=O)CCc2ccc(=O)[nH]n2)C[C@@]1(C)O. The third kappa shape index (κ3) is 2.90. The highest BCUT2D eigenvalue weighted by molar-refractivity contribution is 5.77. The molecule has 2 heterocycles. The van der Waals surface area contributed by atoms with Crippen LogP contribution in [0.5, 0.6) is 0 Å². The maximum atomic E-state index is 12.2. The second kappa shape index (κ2) is 5.01. The van der Waals surface area contributed by atoms with Crippen LogP contribution in [-0.2, 0) is 11.2 Å². The largest absolute Gasteiger partial charge is 0.388 e. The molecule has 1 aromatic rings. The van der Waals surface area contributed by atoms with Gasteiger partial charge in [0, 0.05) is 37.4 Å². The van der Waals surface area contributed by atoms with Gasteiger partial charge < -0.3 is 10.0 Å². The topological polar surface area (TPSA) is 86.3 Å². The van der Waals surface area contributed by atoms with Gasteiger partial charge in [-0.2, -0.15) is 5.10 Å². The summed E-state index contributed by atoms with van der Waals surface area (Å²) in [6, 6.07) is 3.02. The second-order valence-corrected chi connectivity index (χ2v) is 6.32. The Morgan fingerprint density at radius 2 is 2.10 bits per heavy atom. The van der Waals surface area contributed by atoms with Crippen LogP contribution in [0.25, 0.3) is 0 Å². The second-order valence-electron chi connectivity index (χ2n) is 6.32. The number of aliphatic hydroxyl groups is 1. The zero-order chi connectivity index (χ0) is 15.0. The number of likely N-dealkylation sites (tertiary alicyclic amines) is 1. The molecule has 110 valence electrons. The van der Waals surface area contributed by atoms with Crippen molar-refractivity contribution < 1.29 is 9.90 Å². The quantitative estimate of drug-likeness (QED) is 0.834. The van der Waals surface area contributed by atoms with E-state index in [4.69, 9.17) is 0 Å². The molecule has 0 unspecified atom stereocenters. The minimum Gasteiger partial charge on any atom is -0.388 e. The fourth-order valence-corrected chi connectivity index (χ4v) is 2.37. The average Bonchev–Trinajstić information content (AvgIpc) is 2.57. The van der Waals surface area contributed by atoms with Crippen LogP contribution in [0.4, 0.5) is 0 Å². The lowest BCUT2D eigenvalue weighted by atomic mass is 9.79. The van der Waals surface area contributed by atoms with Crippen molar-refractivity contribution in [2.45, 2.75) is 39.2 Å². The molecule has 1 saturated heterocycles. The molecule has 0 aliphatic carbocycles. The first kappa shape index (κ1) is 14.7. The molecule has 1 aliphatic rings. The molecule has 1 aromatic heterocycles. The summed E-state index contributed by atoms with van der Waals surface area (Å²) >= 11 is 0. The number of rotatable bonds is 3. The number of carbonyl (C=O) groups excluding carboxylic acids is 1. The zero-order valence-corrected chi connectivity index (χ0v) is 12.1. The summed E-state index contributed by atoms with van der Waals surface area (Å²) in [6.45, 7) is 6.60. The summed E-state index contributed by atoms with van der Waals surface area (Å²) in [6.07, 6.45) is 0.805. The van der Waals surface area contributed by atoms with Crippen LogP contribution in [-0.4, -0.2) is 44.8 Å². The average molecular weight is 279 g/mol. The van der Waals surface area contributed by atoms with Crippen molar-refractivity contribution in [2.75, 3.05) is 13.1 Å². The van der Waals surface area contributed by atoms with Crippen LogP contribution < -0.4 is 5.56 Å². The molecule has 6 heteroatoms. The molecule has 0 saturated carbocycles. The molecule has 0 radical (unpaired) electrons. The molecule has 0 spiro atoms. The first-order chi connectivity index (χ1) is 9.21. The van der Waals surface area contributed by atoms with Gasteiger partial charge in [0.15, 0.2) is 0 Å². The lowest BCUT2D eigenvalue weighted by Gasteiger charge is -2.30. The summed E-state index contributed by atoms with van der Waals surface area (Å²) in [7, 11) is 0. The van der Waals surface area contributed by atoms with Gasteiger partial charge in [-0.3, -0.25) is 9.59 Å². The molecule has 0 bridgehead atoms. The number of hydrogen-bond donors (Lipinski definition) is 2. The van der Waals surface area contributed by atoms with E-state index in [1.54, 1.807) is 17.9 Å². The molecule has 1 aliphatic heterocycles. The molecule has 1 fully saturated rings. The number of H-pyrrole nitrogens is 1. The minimum absolute atomic E-state index is 0.00356. The highest BCUT2D eigenvalue weighted by Gasteiger charge is 2.48. The summed E-state index contributed by atoms with van der Waals surface area (Å²) in [5.74, 6) is 0.00356. The Bertz CT molecular complexity index is 527. The van der Waals surface area contributed by atoms with E-state index in [2.05, 4.69) is 10.2 Å². The maximum Gasteiger partial charge on any atom is 0.264 e. The monoisotopic (exact) mass is 279 g/mol. The van der Waals surface area contributed by atoms with Crippen molar-refractivity contribution in [1.82, 2.24) is 15.1 Å². The number of β-amino-alcohol motifs (C(OH)–C–C–N with tert-alkyl or cyclic N) is 1. The van der Waals surface area contributed by atoms with E-state index >= 15 is 0 Å². The predicted octanol–water partition coefficient (Wildman–Crippen LogP) is 0.322. The van der Waals surface area contributed by atoms with Gasteiger partial charge in [0.05, 0.1) is 11.3 Å². The molecular formula is C14H21N3O3. The summed E-state index contributed by atoms with van der Waals surface area (Å²) < 4.78 is 0. The van der Waals surface area contributed by atoms with Crippen molar-refractivity contribution in [3.05, 3.63) is 28.2 Å². The highest BCUT2D eigenvalue weighted by atomic mass is 16.3. The number of amides is 1. The molecule has 0 aromatic carbocycles. The Labute approximate surface area is 117 Å². The van der Waals surface area contributed by atoms with Gasteiger partial charge in [-0.15, -0.1) is 0 Å². The van der Waals surface area contributed by atoms with Gasteiger partial charge in [0.1, 0.15) is 0 Å². The van der Waals surface area contributed by atoms with Gasteiger partial charge in [0.25, 0.3) is 5.56 Å². The van der Waals surface area contributed by atoms with Crippen molar-refractivity contribution in [3.8, 4) is 0 Å². The lowest BCUT2D eigenvalue weighted by Crippen LogP contribution is -2.40. The Kier molecular flexibility index (Phi) is 3.69. The van der Waals surface area contributed by atoms with Crippen LogP contribution in [0.2, 0.25) is 0 Å². The number of nitrogens with one attached hydrogen (secondary N) is 1. The fourth-order valence-electron chi connectivity index (χ4n) is 2.37. The van der Waals surface area contributed by atoms with E-state index in [9.17, 15) is 14.7 Å². The first-order valence-corrected chi connectivity index (χ1v) is 6.76. The molecular weight excluding hydrogens is 258 g/mol. The normalized spacial score (nSPS) is 24.9. The molecule has 20 heavy (non-hydrogen) atoms. The number of nitrogens with zero attached hydrogens (tertiary/aromatic N) is 2. The fraction of sp³-hybridized carbons (Fsp3) is 0.643.